The molecule has 1 aliphatic rings. The molecular formula is C18H16FNO3S. The predicted octanol–water partition coefficient (Wildman–Crippen LogP) is 3.09. The van der Waals surface area contributed by atoms with Crippen LogP contribution < -0.4 is 4.90 Å². The van der Waals surface area contributed by atoms with Crippen molar-refractivity contribution in [3.63, 3.8) is 0 Å². The van der Waals surface area contributed by atoms with Gasteiger partial charge in [0.2, 0.25) is 0 Å². The average molecular weight is 345 g/mol. The third-order valence-corrected chi connectivity index (χ3v) is 5.21. The lowest BCUT2D eigenvalue weighted by molar-refractivity contribution is 0.0983. The van der Waals surface area contributed by atoms with Crippen molar-refractivity contribution in [3.05, 3.63) is 77.0 Å². The van der Waals surface area contributed by atoms with Gasteiger partial charge < -0.3 is 4.90 Å². The van der Waals surface area contributed by atoms with Gasteiger partial charge in [0.15, 0.2) is 9.84 Å². The molecule has 0 radical (unpaired) electrons. The Morgan fingerprint density at radius 2 is 1.88 bits per heavy atom. The van der Waals surface area contributed by atoms with Crippen LogP contribution in [0.15, 0.2) is 60.0 Å². The van der Waals surface area contributed by atoms with Crippen molar-refractivity contribution >= 4 is 21.4 Å². The molecular weight excluding hydrogens is 329 g/mol. The Balaban J connectivity index is 2.03. The van der Waals surface area contributed by atoms with E-state index in [1.165, 1.54) is 35.2 Å². The van der Waals surface area contributed by atoms with E-state index >= 15 is 0 Å². The van der Waals surface area contributed by atoms with E-state index in [4.69, 9.17) is 0 Å². The van der Waals surface area contributed by atoms with Gasteiger partial charge in [-0.2, -0.15) is 0 Å². The Kier molecular flexibility index (Phi) is 4.24. The van der Waals surface area contributed by atoms with Crippen molar-refractivity contribution in [3.8, 4) is 0 Å². The van der Waals surface area contributed by atoms with E-state index in [0.29, 0.717) is 11.3 Å². The summed E-state index contributed by atoms with van der Waals surface area (Å²) >= 11 is 0. The molecule has 1 aliphatic heterocycles. The second-order valence-electron chi connectivity index (χ2n) is 5.75. The number of amides is 1. The zero-order valence-corrected chi connectivity index (χ0v) is 13.8. The zero-order valence-electron chi connectivity index (χ0n) is 13.0. The maximum Gasteiger partial charge on any atom is 0.258 e. The molecule has 2 aromatic carbocycles. The van der Waals surface area contributed by atoms with Crippen LogP contribution in [-0.2, 0) is 9.84 Å². The summed E-state index contributed by atoms with van der Waals surface area (Å²) in [6.45, 7) is 1.87. The summed E-state index contributed by atoms with van der Waals surface area (Å²) in [4.78, 5) is 14.4. The van der Waals surface area contributed by atoms with Gasteiger partial charge in [0.1, 0.15) is 5.82 Å². The number of hydrogen-bond acceptors (Lipinski definition) is 3. The van der Waals surface area contributed by atoms with E-state index in [9.17, 15) is 17.6 Å². The third kappa shape index (κ3) is 3.38. The van der Waals surface area contributed by atoms with Gasteiger partial charge in [-0.3, -0.25) is 4.79 Å². The monoisotopic (exact) mass is 345 g/mol. The molecule has 6 heteroatoms. The van der Waals surface area contributed by atoms with Gasteiger partial charge in [-0.1, -0.05) is 17.7 Å². The fraction of sp³-hybridized carbons (Fsp3) is 0.167. The number of anilines is 1. The fourth-order valence-electron chi connectivity index (χ4n) is 2.70. The number of carbonyl (C=O) groups is 1. The first kappa shape index (κ1) is 16.4. The zero-order chi connectivity index (χ0) is 17.3. The van der Waals surface area contributed by atoms with Crippen molar-refractivity contribution in [1.82, 2.24) is 0 Å². The maximum atomic E-state index is 13.2. The van der Waals surface area contributed by atoms with Crippen LogP contribution in [-0.4, -0.2) is 26.1 Å². The molecule has 0 unspecified atom stereocenters. The lowest BCUT2D eigenvalue weighted by Crippen LogP contribution is -2.41. The van der Waals surface area contributed by atoms with E-state index in [1.54, 1.807) is 18.2 Å². The van der Waals surface area contributed by atoms with Gasteiger partial charge in [0.05, 0.1) is 11.8 Å². The normalized spacial score (nSPS) is 18.5. The number of benzene rings is 2. The van der Waals surface area contributed by atoms with E-state index in [0.717, 1.165) is 11.0 Å². The summed E-state index contributed by atoms with van der Waals surface area (Å²) in [5.74, 6) is -0.921. The van der Waals surface area contributed by atoms with Crippen LogP contribution in [0.5, 0.6) is 0 Å². The van der Waals surface area contributed by atoms with Gasteiger partial charge in [0.25, 0.3) is 5.91 Å². The first-order chi connectivity index (χ1) is 11.4. The molecule has 0 aromatic heterocycles. The molecule has 0 bridgehead atoms. The first-order valence-corrected chi connectivity index (χ1v) is 9.14. The highest BCUT2D eigenvalue weighted by molar-refractivity contribution is 7.94. The minimum absolute atomic E-state index is 0.179. The summed E-state index contributed by atoms with van der Waals surface area (Å²) in [5, 5.41) is 1.12. The lowest BCUT2D eigenvalue weighted by atomic mass is 10.1. The summed E-state index contributed by atoms with van der Waals surface area (Å²) < 4.78 is 36.7. The Bertz CT molecular complexity index is 904. The smallest absolute Gasteiger partial charge is 0.258 e. The van der Waals surface area contributed by atoms with Crippen LogP contribution in [0.4, 0.5) is 10.1 Å². The van der Waals surface area contributed by atoms with Crippen LogP contribution in [0.1, 0.15) is 15.9 Å². The van der Waals surface area contributed by atoms with Crippen LogP contribution in [0.3, 0.4) is 0 Å². The molecule has 2 aromatic rings. The molecule has 24 heavy (non-hydrogen) atoms. The number of aryl methyl sites for hydroxylation is 1. The third-order valence-electron chi connectivity index (χ3n) is 3.83. The molecule has 0 saturated carbocycles. The van der Waals surface area contributed by atoms with Crippen LogP contribution in [0.25, 0.3) is 0 Å². The number of rotatable bonds is 3. The second-order valence-corrected chi connectivity index (χ2v) is 7.68. The topological polar surface area (TPSA) is 54.5 Å². The molecule has 1 atom stereocenters. The van der Waals surface area contributed by atoms with Crippen LogP contribution >= 0.6 is 0 Å². The average Bonchev–Trinajstić information content (AvgIpc) is 2.89. The molecule has 1 heterocycles. The number of carbonyl (C=O) groups excluding carboxylic acids is 1. The first-order valence-electron chi connectivity index (χ1n) is 7.42. The number of nitrogens with zero attached hydrogens (tertiary/aromatic N) is 1. The second kappa shape index (κ2) is 6.20. The molecule has 0 N–H and O–H groups in total. The SMILES string of the molecule is Cc1cccc(C(=O)N(c2ccc(F)cc2)[C@@H]2C=CS(=O)(=O)C2)c1. The predicted molar refractivity (Wildman–Crippen MR) is 91.1 cm³/mol. The van der Waals surface area contributed by atoms with Gasteiger partial charge >= 0.3 is 0 Å². The molecule has 0 aliphatic carbocycles. The van der Waals surface area contributed by atoms with Gasteiger partial charge in [0, 0.05) is 16.7 Å². The minimum Gasteiger partial charge on any atom is -0.300 e. The van der Waals surface area contributed by atoms with Crippen molar-refractivity contribution in [1.29, 1.82) is 0 Å². The largest absolute Gasteiger partial charge is 0.300 e. The van der Waals surface area contributed by atoms with E-state index < -0.39 is 21.7 Å². The summed E-state index contributed by atoms with van der Waals surface area (Å²) in [6.07, 6.45) is 1.49. The van der Waals surface area contributed by atoms with Crippen LogP contribution in [0, 0.1) is 12.7 Å². The number of hydrogen-bond donors (Lipinski definition) is 0. The van der Waals surface area contributed by atoms with Gasteiger partial charge in [-0.05, 0) is 49.4 Å². The molecule has 0 saturated heterocycles. The van der Waals surface area contributed by atoms with Gasteiger partial charge in [-0.25, -0.2) is 12.8 Å². The van der Waals surface area contributed by atoms with Crippen molar-refractivity contribution < 1.29 is 17.6 Å². The molecule has 1 amide bonds. The minimum atomic E-state index is -3.33. The number of halogens is 1. The van der Waals surface area contributed by atoms with Crippen molar-refractivity contribution in [2.45, 2.75) is 13.0 Å². The van der Waals surface area contributed by atoms with E-state index in [2.05, 4.69) is 0 Å². The van der Waals surface area contributed by atoms with E-state index in [1.807, 2.05) is 13.0 Å². The maximum absolute atomic E-state index is 13.2. The molecule has 124 valence electrons. The summed E-state index contributed by atoms with van der Waals surface area (Å²) in [5.41, 5.74) is 1.83. The Morgan fingerprint density at radius 3 is 2.46 bits per heavy atom. The van der Waals surface area contributed by atoms with E-state index in [-0.39, 0.29) is 11.7 Å². The molecule has 4 nitrogen and oxygen atoms in total. The van der Waals surface area contributed by atoms with Crippen LogP contribution in [0.2, 0.25) is 0 Å². The highest BCUT2D eigenvalue weighted by Gasteiger charge is 2.32. The van der Waals surface area contributed by atoms with Gasteiger partial charge in [-0.15, -0.1) is 0 Å². The fourth-order valence-corrected chi connectivity index (χ4v) is 3.97. The van der Waals surface area contributed by atoms with Crippen molar-refractivity contribution in [2.24, 2.45) is 0 Å². The Hall–Kier alpha value is -2.47. The Morgan fingerprint density at radius 1 is 1.17 bits per heavy atom. The molecule has 0 fully saturated rings. The molecule has 0 spiro atoms. The van der Waals surface area contributed by atoms with Crippen molar-refractivity contribution in [2.75, 3.05) is 10.7 Å². The Labute approximate surface area is 140 Å². The highest BCUT2D eigenvalue weighted by atomic mass is 32.2. The standard InChI is InChI=1S/C18H16FNO3S/c1-13-3-2-4-14(11-13)18(21)20(16-7-5-15(19)6-8-16)17-9-10-24(22,23)12-17/h2-11,17H,12H2,1H3/t17-/m1/s1. The summed E-state index contributed by atoms with van der Waals surface area (Å²) in [6, 6.07) is 11.9. The number of sulfone groups is 1. The molecule has 3 rings (SSSR count). The summed E-state index contributed by atoms with van der Waals surface area (Å²) in [7, 11) is -3.33. The lowest BCUT2D eigenvalue weighted by Gasteiger charge is -2.28. The highest BCUT2D eigenvalue weighted by Crippen LogP contribution is 2.25. The quantitative estimate of drug-likeness (QED) is 0.859.